The molecule has 0 rings (SSSR count). The maximum absolute atomic E-state index is 8.33. The van der Waals surface area contributed by atoms with E-state index in [1.807, 2.05) is 0 Å². The molecule has 0 radical (unpaired) electrons. The van der Waals surface area contributed by atoms with Gasteiger partial charge in [-0.25, -0.2) is 0 Å². The van der Waals surface area contributed by atoms with Gasteiger partial charge in [-0.2, -0.15) is 10.5 Å². The minimum Gasteiger partial charge on any atom is -0.652 e. The van der Waals surface area contributed by atoms with E-state index < -0.39 is 6.16 Å². The van der Waals surface area contributed by atoms with Gasteiger partial charge in [0.1, 0.15) is 0 Å². The smallest absolute Gasteiger partial charge is 0.652 e. The van der Waals surface area contributed by atoms with Crippen LogP contribution in [0.3, 0.4) is 0 Å². The van der Waals surface area contributed by atoms with Crippen molar-refractivity contribution in [1.82, 2.24) is 0 Å². The molecule has 0 aliphatic heterocycles. The Morgan fingerprint density at radius 1 is 1.08 bits per heavy atom. The van der Waals surface area contributed by atoms with E-state index in [1.165, 1.54) is 13.8 Å². The van der Waals surface area contributed by atoms with Gasteiger partial charge in [0.15, 0.2) is 0 Å². The van der Waals surface area contributed by atoms with Crippen molar-refractivity contribution in [2.45, 2.75) is 13.8 Å². The SMILES string of the molecule is CC#N.CC#N.O=C([O-])[O-].[Na+].[Na+]. The van der Waals surface area contributed by atoms with Gasteiger partial charge in [0.25, 0.3) is 0 Å². The van der Waals surface area contributed by atoms with Crippen LogP contribution < -0.4 is 69.3 Å². The molecule has 0 aliphatic carbocycles. The number of rotatable bonds is 0. The molecule has 0 aromatic heterocycles. The molecule has 7 heteroatoms. The summed E-state index contributed by atoms with van der Waals surface area (Å²) >= 11 is 0. The fraction of sp³-hybridized carbons (Fsp3) is 0.400. The second-order valence-corrected chi connectivity index (χ2v) is 0.697. The summed E-state index contributed by atoms with van der Waals surface area (Å²) in [5.41, 5.74) is 0. The van der Waals surface area contributed by atoms with Gasteiger partial charge in [0.2, 0.25) is 0 Å². The van der Waals surface area contributed by atoms with Crippen LogP contribution in [0.1, 0.15) is 13.8 Å². The third-order valence-electron chi connectivity index (χ3n) is 0. The molecule has 0 aromatic rings. The molecule has 0 unspecified atom stereocenters. The van der Waals surface area contributed by atoms with Crippen molar-refractivity contribution < 1.29 is 74.1 Å². The first-order valence-corrected chi connectivity index (χ1v) is 2.06. The van der Waals surface area contributed by atoms with Crippen molar-refractivity contribution in [2.24, 2.45) is 0 Å². The molecule has 0 aliphatic rings. The standard InChI is InChI=1S/2C2H3N.CH2O3.2Na/c2*1-2-3;2-1(3)4;;/h2*1H3;(H2,2,3,4);;/q;;;2*+1/p-2. The van der Waals surface area contributed by atoms with Gasteiger partial charge in [-0.1, -0.05) is 0 Å². The summed E-state index contributed by atoms with van der Waals surface area (Å²) in [5, 5.41) is 31.3. The molecule has 0 fully saturated rings. The van der Waals surface area contributed by atoms with E-state index in [-0.39, 0.29) is 59.1 Å². The van der Waals surface area contributed by atoms with Gasteiger partial charge in [-0.15, -0.1) is 0 Å². The Bertz CT molecular complexity index is 134. The maximum Gasteiger partial charge on any atom is 1.00 e. The Balaban J connectivity index is -0.0000000191. The van der Waals surface area contributed by atoms with Crippen LogP contribution in [0.25, 0.3) is 0 Å². The zero-order valence-electron chi connectivity index (χ0n) is 7.62. The summed E-state index contributed by atoms with van der Waals surface area (Å²) in [4.78, 5) is 8.33. The minimum atomic E-state index is -2.33. The summed E-state index contributed by atoms with van der Waals surface area (Å²) < 4.78 is 0. The molecule has 12 heavy (non-hydrogen) atoms. The molecule has 0 saturated carbocycles. The molecule has 5 nitrogen and oxygen atoms in total. The average Bonchev–Trinajstić information content (AvgIpc) is 1.65. The number of hydrogen-bond acceptors (Lipinski definition) is 5. The van der Waals surface area contributed by atoms with Crippen molar-refractivity contribution in [3.05, 3.63) is 0 Å². The number of carboxylic acid groups (broad SMARTS) is 2. The van der Waals surface area contributed by atoms with Gasteiger partial charge in [-0.05, 0) is 6.16 Å². The van der Waals surface area contributed by atoms with Gasteiger partial charge in [-0.3, -0.25) is 0 Å². The second-order valence-electron chi connectivity index (χ2n) is 0.697. The fourth-order valence-corrected chi connectivity index (χ4v) is 0. The monoisotopic (exact) mass is 188 g/mol. The summed E-state index contributed by atoms with van der Waals surface area (Å²) in [6, 6.07) is 3.50. The molecule has 0 amide bonds. The molecular weight excluding hydrogens is 182 g/mol. The van der Waals surface area contributed by atoms with E-state index in [9.17, 15) is 0 Å². The maximum atomic E-state index is 8.33. The fourth-order valence-electron chi connectivity index (χ4n) is 0. The van der Waals surface area contributed by atoms with E-state index in [0.717, 1.165) is 0 Å². The van der Waals surface area contributed by atoms with Crippen molar-refractivity contribution >= 4 is 6.16 Å². The number of hydrogen-bond donors (Lipinski definition) is 0. The van der Waals surface area contributed by atoms with E-state index in [0.29, 0.717) is 0 Å². The Kier molecular flexibility index (Phi) is 105. The van der Waals surface area contributed by atoms with E-state index in [4.69, 9.17) is 25.5 Å². The van der Waals surface area contributed by atoms with E-state index >= 15 is 0 Å². The van der Waals surface area contributed by atoms with Crippen molar-refractivity contribution in [2.75, 3.05) is 0 Å². The Morgan fingerprint density at radius 3 is 1.08 bits per heavy atom. The third kappa shape index (κ3) is 14000. The van der Waals surface area contributed by atoms with Crippen molar-refractivity contribution in [1.29, 1.82) is 10.5 Å². The summed E-state index contributed by atoms with van der Waals surface area (Å²) in [6.45, 7) is 2.86. The Labute approximate surface area is 116 Å². The summed E-state index contributed by atoms with van der Waals surface area (Å²) in [5.74, 6) is 0. The predicted octanol–water partition coefficient (Wildman–Crippen LogP) is -7.38. The van der Waals surface area contributed by atoms with Crippen molar-refractivity contribution in [3.63, 3.8) is 0 Å². The third-order valence-corrected chi connectivity index (χ3v) is 0. The van der Waals surface area contributed by atoms with Gasteiger partial charge < -0.3 is 15.0 Å². The first-order valence-electron chi connectivity index (χ1n) is 2.06. The van der Waals surface area contributed by atoms with E-state index in [1.54, 1.807) is 12.1 Å². The number of carbonyl (C=O) groups excluding carboxylic acids is 1. The predicted molar refractivity (Wildman–Crippen MR) is 28.0 cm³/mol. The number of nitriles is 2. The Hall–Kier alpha value is 0.250. The van der Waals surface area contributed by atoms with Gasteiger partial charge >= 0.3 is 59.1 Å². The molecule has 0 heterocycles. The van der Waals surface area contributed by atoms with Crippen LogP contribution in [0.5, 0.6) is 0 Å². The average molecular weight is 188 g/mol. The molecule has 56 valence electrons. The van der Waals surface area contributed by atoms with Gasteiger partial charge in [0.05, 0.1) is 12.1 Å². The van der Waals surface area contributed by atoms with Crippen LogP contribution in [0.15, 0.2) is 0 Å². The number of nitrogens with zero attached hydrogens (tertiary/aromatic N) is 2. The van der Waals surface area contributed by atoms with Crippen LogP contribution in [-0.2, 0) is 0 Å². The van der Waals surface area contributed by atoms with Crippen LogP contribution in [0.4, 0.5) is 4.79 Å². The minimum absolute atomic E-state index is 0. The molecule has 0 N–H and O–H groups in total. The first kappa shape index (κ1) is 29.5. The zero-order chi connectivity index (χ0) is 8.99. The summed E-state index contributed by atoms with van der Waals surface area (Å²) in [6.07, 6.45) is -2.33. The number of carbonyl (C=O) groups is 1. The normalized spacial score (nSPS) is 3.33. The van der Waals surface area contributed by atoms with Crippen LogP contribution in [0, 0.1) is 22.7 Å². The molecule has 0 atom stereocenters. The van der Waals surface area contributed by atoms with Crippen LogP contribution in [0.2, 0.25) is 0 Å². The molecule has 0 aromatic carbocycles. The van der Waals surface area contributed by atoms with Crippen molar-refractivity contribution in [3.8, 4) is 12.1 Å². The quantitative estimate of drug-likeness (QED) is 0.350. The summed E-state index contributed by atoms with van der Waals surface area (Å²) in [7, 11) is 0. The topological polar surface area (TPSA) is 111 Å². The van der Waals surface area contributed by atoms with E-state index in [2.05, 4.69) is 0 Å². The zero-order valence-corrected chi connectivity index (χ0v) is 11.6. The second kappa shape index (κ2) is 42.9. The first-order chi connectivity index (χ1) is 4.56. The van der Waals surface area contributed by atoms with Crippen LogP contribution in [-0.4, -0.2) is 6.16 Å². The van der Waals surface area contributed by atoms with Gasteiger partial charge in [0, 0.05) is 13.8 Å². The van der Waals surface area contributed by atoms with Crippen LogP contribution >= 0.6 is 0 Å². The molecule has 0 bridgehead atoms. The largest absolute Gasteiger partial charge is 1.00 e. The molecule has 0 spiro atoms. The molecular formula is C5H6N2Na2O3. The molecule has 0 saturated heterocycles. The Morgan fingerprint density at radius 2 is 1.08 bits per heavy atom.